The highest BCUT2D eigenvalue weighted by Gasteiger charge is 2.28. The molecule has 0 saturated carbocycles. The van der Waals surface area contributed by atoms with Crippen molar-refractivity contribution in [3.05, 3.63) is 0 Å². The van der Waals surface area contributed by atoms with Crippen LogP contribution < -0.4 is 12.4 Å². The molecule has 5 heteroatoms. The van der Waals surface area contributed by atoms with Crippen molar-refractivity contribution < 1.29 is 31.2 Å². The Hall–Kier alpha value is -0.320. The molecule has 4 nitrogen and oxygen atoms in total. The number of halogens is 1. The number of rotatable bonds is 3. The second-order valence-corrected chi connectivity index (χ2v) is 3.64. The van der Waals surface area contributed by atoms with Gasteiger partial charge in [-0.3, -0.25) is 0 Å². The maximum atomic E-state index is 11.2. The molecule has 14 heavy (non-hydrogen) atoms. The normalized spacial score (nSPS) is 19.6. The maximum Gasteiger partial charge on any atom is 0.361 e. The third-order valence-corrected chi connectivity index (χ3v) is 2.37. The quantitative estimate of drug-likeness (QED) is 0.379. The Bertz CT molecular complexity index is 181. The fourth-order valence-electron chi connectivity index (χ4n) is 1.46. The Morgan fingerprint density at radius 2 is 2.00 bits per heavy atom. The topological polar surface area (TPSA) is 35.5 Å². The molecule has 0 unspecified atom stereocenters. The van der Waals surface area contributed by atoms with Crippen molar-refractivity contribution in [1.82, 2.24) is 0 Å². The van der Waals surface area contributed by atoms with E-state index in [9.17, 15) is 4.79 Å². The molecular weight excluding hydrogens is 206 g/mol. The van der Waals surface area contributed by atoms with Gasteiger partial charge < -0.3 is 26.4 Å². The van der Waals surface area contributed by atoms with Gasteiger partial charge >= 0.3 is 5.97 Å². The average Bonchev–Trinajstić information content (AvgIpc) is 2.04. The maximum absolute atomic E-state index is 11.2. The minimum absolute atomic E-state index is 0. The lowest BCUT2D eigenvalue weighted by atomic mass is 10.3. The van der Waals surface area contributed by atoms with E-state index in [1.54, 1.807) is 0 Å². The number of likely N-dealkylation sites (N-methyl/N-ethyl adjacent to an activating group) is 1. The number of morpholine rings is 1. The second kappa shape index (κ2) is 6.22. The summed E-state index contributed by atoms with van der Waals surface area (Å²) in [5.41, 5.74) is 0. The first-order valence-corrected chi connectivity index (χ1v) is 4.73. The number of carbonyl (C=O) groups is 1. The number of hydrogen-bond acceptors (Lipinski definition) is 3. The van der Waals surface area contributed by atoms with Gasteiger partial charge in [-0.1, -0.05) is 0 Å². The molecule has 0 atom stereocenters. The summed E-state index contributed by atoms with van der Waals surface area (Å²) in [6.07, 6.45) is 0. The van der Waals surface area contributed by atoms with E-state index in [2.05, 4.69) is 7.05 Å². The summed E-state index contributed by atoms with van der Waals surface area (Å²) in [5.74, 6) is -0.105. The average molecular weight is 224 g/mol. The highest BCUT2D eigenvalue weighted by molar-refractivity contribution is 5.70. The molecule has 0 bridgehead atoms. The van der Waals surface area contributed by atoms with Crippen molar-refractivity contribution >= 4 is 5.97 Å². The number of hydrogen-bond donors (Lipinski definition) is 0. The second-order valence-electron chi connectivity index (χ2n) is 3.64. The lowest BCUT2D eigenvalue weighted by Gasteiger charge is -2.36. The van der Waals surface area contributed by atoms with Gasteiger partial charge in [0, 0.05) is 0 Å². The number of carbonyl (C=O) groups excluding carboxylic acids is 1. The van der Waals surface area contributed by atoms with Crippen LogP contribution in [0.5, 0.6) is 0 Å². The third-order valence-electron chi connectivity index (χ3n) is 2.37. The molecule has 1 heterocycles. The van der Waals surface area contributed by atoms with Crippen molar-refractivity contribution in [2.75, 3.05) is 46.5 Å². The summed E-state index contributed by atoms with van der Waals surface area (Å²) in [7, 11) is 2.07. The van der Waals surface area contributed by atoms with Gasteiger partial charge in [0.25, 0.3) is 0 Å². The predicted octanol–water partition coefficient (Wildman–Crippen LogP) is -2.97. The molecule has 1 rings (SSSR count). The molecule has 0 N–H and O–H groups in total. The van der Waals surface area contributed by atoms with Gasteiger partial charge in [-0.05, 0) is 6.92 Å². The van der Waals surface area contributed by atoms with Gasteiger partial charge in [0.1, 0.15) is 13.1 Å². The van der Waals surface area contributed by atoms with E-state index in [1.807, 2.05) is 6.92 Å². The largest absolute Gasteiger partial charge is 1.00 e. The molecule has 1 aliphatic heterocycles. The Kier molecular flexibility index (Phi) is 6.08. The van der Waals surface area contributed by atoms with E-state index < -0.39 is 0 Å². The third kappa shape index (κ3) is 4.26. The molecule has 1 saturated heterocycles. The van der Waals surface area contributed by atoms with Crippen LogP contribution in [0.3, 0.4) is 0 Å². The van der Waals surface area contributed by atoms with E-state index in [1.165, 1.54) is 0 Å². The smallest absolute Gasteiger partial charge is 0.361 e. The van der Waals surface area contributed by atoms with Gasteiger partial charge in [-0.2, -0.15) is 0 Å². The van der Waals surface area contributed by atoms with Gasteiger partial charge in [0.2, 0.25) is 0 Å². The molecule has 0 amide bonds. The van der Waals surface area contributed by atoms with Crippen molar-refractivity contribution in [3.63, 3.8) is 0 Å². The highest BCUT2D eigenvalue weighted by Crippen LogP contribution is 2.07. The zero-order valence-electron chi connectivity index (χ0n) is 8.79. The summed E-state index contributed by atoms with van der Waals surface area (Å²) >= 11 is 0. The van der Waals surface area contributed by atoms with Crippen molar-refractivity contribution in [1.29, 1.82) is 0 Å². The fourth-order valence-corrected chi connectivity index (χ4v) is 1.46. The first-order valence-electron chi connectivity index (χ1n) is 4.73. The molecule has 0 spiro atoms. The Morgan fingerprint density at radius 3 is 2.50 bits per heavy atom. The molecule has 0 aromatic rings. The minimum Gasteiger partial charge on any atom is -1.00 e. The van der Waals surface area contributed by atoms with Crippen molar-refractivity contribution in [3.8, 4) is 0 Å². The van der Waals surface area contributed by atoms with E-state index in [0.717, 1.165) is 30.8 Å². The predicted molar refractivity (Wildman–Crippen MR) is 48.2 cm³/mol. The SMILES string of the molecule is CCOC(=O)C[N+]1(C)CCOCC1.[Cl-]. The van der Waals surface area contributed by atoms with E-state index >= 15 is 0 Å². The molecule has 0 aromatic carbocycles. The van der Waals surface area contributed by atoms with Crippen molar-refractivity contribution in [2.24, 2.45) is 0 Å². The van der Waals surface area contributed by atoms with Crippen LogP contribution >= 0.6 is 0 Å². The van der Waals surface area contributed by atoms with Gasteiger partial charge in [0.15, 0.2) is 6.54 Å². The molecule has 1 aliphatic rings. The van der Waals surface area contributed by atoms with E-state index in [0.29, 0.717) is 13.2 Å². The Balaban J connectivity index is 0.00000169. The number of ether oxygens (including phenoxy) is 2. The van der Waals surface area contributed by atoms with Crippen LogP contribution in [0.1, 0.15) is 6.92 Å². The first-order chi connectivity index (χ1) is 6.16. The van der Waals surface area contributed by atoms with E-state index in [-0.39, 0.29) is 18.4 Å². The van der Waals surface area contributed by atoms with Crippen molar-refractivity contribution in [2.45, 2.75) is 6.92 Å². The number of esters is 1. The molecular formula is C9H18ClNO3. The fraction of sp³-hybridized carbons (Fsp3) is 0.889. The molecule has 1 fully saturated rings. The van der Waals surface area contributed by atoms with Gasteiger partial charge in [-0.25, -0.2) is 4.79 Å². The van der Waals surface area contributed by atoms with Gasteiger partial charge in [0.05, 0.1) is 26.9 Å². The minimum atomic E-state index is -0.105. The molecule has 84 valence electrons. The lowest BCUT2D eigenvalue weighted by molar-refractivity contribution is -0.910. The molecule has 0 aromatic heterocycles. The summed E-state index contributed by atoms with van der Waals surface area (Å²) < 4.78 is 10.9. The zero-order chi connectivity index (χ0) is 9.73. The first kappa shape index (κ1) is 13.7. The lowest BCUT2D eigenvalue weighted by Crippen LogP contribution is -3.00. The van der Waals surface area contributed by atoms with Crippen LogP contribution in [0.4, 0.5) is 0 Å². The summed E-state index contributed by atoms with van der Waals surface area (Å²) in [6.45, 7) is 6.06. The Labute approximate surface area is 91.2 Å². The van der Waals surface area contributed by atoms with Crippen LogP contribution in [0, 0.1) is 0 Å². The molecule has 0 radical (unpaired) electrons. The van der Waals surface area contributed by atoms with Crippen LogP contribution in [-0.2, 0) is 14.3 Å². The highest BCUT2D eigenvalue weighted by atomic mass is 35.5. The van der Waals surface area contributed by atoms with E-state index in [4.69, 9.17) is 9.47 Å². The van der Waals surface area contributed by atoms with Crippen LogP contribution in [-0.4, -0.2) is 57.0 Å². The summed E-state index contributed by atoms with van der Waals surface area (Å²) in [5, 5.41) is 0. The molecule has 0 aliphatic carbocycles. The monoisotopic (exact) mass is 223 g/mol. The van der Waals surface area contributed by atoms with Crippen LogP contribution in [0.15, 0.2) is 0 Å². The standard InChI is InChI=1S/C9H18NO3.ClH/c1-3-13-9(11)8-10(2)4-6-12-7-5-10;/h3-8H2,1-2H3;1H/q+1;/p-1. The summed E-state index contributed by atoms with van der Waals surface area (Å²) in [6, 6.07) is 0. The number of quaternary nitrogens is 1. The number of nitrogens with zero attached hydrogens (tertiary/aromatic N) is 1. The zero-order valence-corrected chi connectivity index (χ0v) is 9.55. The Morgan fingerprint density at radius 1 is 1.43 bits per heavy atom. The van der Waals surface area contributed by atoms with Crippen LogP contribution in [0.25, 0.3) is 0 Å². The van der Waals surface area contributed by atoms with Crippen LogP contribution in [0.2, 0.25) is 0 Å². The summed E-state index contributed by atoms with van der Waals surface area (Å²) in [4.78, 5) is 11.2. The van der Waals surface area contributed by atoms with Gasteiger partial charge in [-0.15, -0.1) is 0 Å².